The molecule has 0 radical (unpaired) electrons. The third-order valence-corrected chi connectivity index (χ3v) is 6.12. The Morgan fingerprint density at radius 2 is 1.59 bits per heavy atom. The fourth-order valence-corrected chi connectivity index (χ4v) is 4.50. The van der Waals surface area contributed by atoms with Gasteiger partial charge in [-0.1, -0.05) is 42.5 Å². The van der Waals surface area contributed by atoms with Crippen LogP contribution in [-0.4, -0.2) is 18.4 Å². The lowest BCUT2D eigenvalue weighted by Crippen LogP contribution is -2.31. The summed E-state index contributed by atoms with van der Waals surface area (Å²) in [7, 11) is 0. The van der Waals surface area contributed by atoms with E-state index in [9.17, 15) is 9.59 Å². The number of amides is 2. The standard InChI is InChI=1S/C26H20N2O3S/c1-2-31-22-14-10-20(11-15-22)23-24(32-17-19-6-4-3-5-7-19)26(30)28(25(23)29)21-12-8-18(16-27)9-13-21/h3-15H,2,17H2,1H3. The molecule has 4 rings (SSSR count). The van der Waals surface area contributed by atoms with Gasteiger partial charge >= 0.3 is 0 Å². The minimum Gasteiger partial charge on any atom is -0.494 e. The van der Waals surface area contributed by atoms with Gasteiger partial charge in [-0.3, -0.25) is 9.59 Å². The first-order chi connectivity index (χ1) is 15.6. The number of rotatable bonds is 7. The molecular formula is C26H20N2O3S. The third kappa shape index (κ3) is 4.29. The summed E-state index contributed by atoms with van der Waals surface area (Å²) < 4.78 is 5.51. The van der Waals surface area contributed by atoms with Gasteiger partial charge in [0, 0.05) is 5.75 Å². The highest BCUT2D eigenvalue weighted by molar-refractivity contribution is 8.03. The van der Waals surface area contributed by atoms with Gasteiger partial charge in [0.2, 0.25) is 0 Å². The summed E-state index contributed by atoms with van der Waals surface area (Å²) in [5.41, 5.74) is 3.01. The lowest BCUT2D eigenvalue weighted by atomic mass is 10.1. The Morgan fingerprint density at radius 3 is 2.22 bits per heavy atom. The SMILES string of the molecule is CCOc1ccc(C2=C(SCc3ccccc3)C(=O)N(c3ccc(C#N)cc3)C2=O)cc1. The topological polar surface area (TPSA) is 70.4 Å². The molecule has 6 heteroatoms. The van der Waals surface area contributed by atoms with Crippen LogP contribution in [0.5, 0.6) is 5.75 Å². The number of carbonyl (C=O) groups is 2. The lowest BCUT2D eigenvalue weighted by molar-refractivity contribution is -0.119. The van der Waals surface area contributed by atoms with Gasteiger partial charge in [-0.05, 0) is 54.4 Å². The predicted molar refractivity (Wildman–Crippen MR) is 126 cm³/mol. The highest BCUT2D eigenvalue weighted by Crippen LogP contribution is 2.40. The molecule has 0 N–H and O–H groups in total. The second kappa shape index (κ2) is 9.54. The lowest BCUT2D eigenvalue weighted by Gasteiger charge is -2.15. The van der Waals surface area contributed by atoms with Crippen molar-refractivity contribution in [2.24, 2.45) is 0 Å². The van der Waals surface area contributed by atoms with E-state index in [1.54, 1.807) is 48.5 Å². The minimum absolute atomic E-state index is 0.357. The van der Waals surface area contributed by atoms with Crippen LogP contribution in [0.1, 0.15) is 23.6 Å². The monoisotopic (exact) mass is 440 g/mol. The fraction of sp³-hybridized carbons (Fsp3) is 0.115. The zero-order valence-corrected chi connectivity index (χ0v) is 18.3. The minimum atomic E-state index is -0.376. The number of carbonyl (C=O) groups excluding carboxylic acids is 2. The molecule has 32 heavy (non-hydrogen) atoms. The number of ether oxygens (including phenoxy) is 1. The zero-order valence-electron chi connectivity index (χ0n) is 17.4. The van der Waals surface area contributed by atoms with E-state index in [4.69, 9.17) is 10.00 Å². The maximum atomic E-state index is 13.4. The molecule has 0 aliphatic carbocycles. The summed E-state index contributed by atoms with van der Waals surface area (Å²) in [5.74, 6) is 0.539. The highest BCUT2D eigenvalue weighted by Gasteiger charge is 2.40. The number of thioether (sulfide) groups is 1. The van der Waals surface area contributed by atoms with Crippen LogP contribution in [0.3, 0.4) is 0 Å². The number of hydrogen-bond acceptors (Lipinski definition) is 5. The second-order valence-corrected chi connectivity index (χ2v) is 8.03. The largest absolute Gasteiger partial charge is 0.494 e. The van der Waals surface area contributed by atoms with Gasteiger partial charge in [-0.25, -0.2) is 4.90 Å². The molecule has 0 unspecified atom stereocenters. The van der Waals surface area contributed by atoms with Crippen molar-refractivity contribution in [1.82, 2.24) is 0 Å². The molecule has 0 fully saturated rings. The molecule has 0 spiro atoms. The summed E-state index contributed by atoms with van der Waals surface area (Å²) in [6, 6.07) is 25.5. The van der Waals surface area contributed by atoms with Gasteiger partial charge in [0.05, 0.1) is 34.4 Å². The molecule has 1 heterocycles. The van der Waals surface area contributed by atoms with Gasteiger partial charge in [-0.2, -0.15) is 5.26 Å². The summed E-state index contributed by atoms with van der Waals surface area (Å²) >= 11 is 1.36. The van der Waals surface area contributed by atoms with E-state index >= 15 is 0 Å². The van der Waals surface area contributed by atoms with E-state index < -0.39 is 0 Å². The number of nitrogens with zero attached hydrogens (tertiary/aromatic N) is 2. The summed E-state index contributed by atoms with van der Waals surface area (Å²) in [6.07, 6.45) is 0. The Bertz CT molecular complexity index is 1210. The van der Waals surface area contributed by atoms with Crippen LogP contribution >= 0.6 is 11.8 Å². The van der Waals surface area contributed by atoms with Gasteiger partial charge in [-0.15, -0.1) is 11.8 Å². The van der Waals surface area contributed by atoms with Crippen LogP contribution in [-0.2, 0) is 15.3 Å². The number of nitriles is 1. The number of hydrogen-bond donors (Lipinski definition) is 0. The zero-order chi connectivity index (χ0) is 22.5. The summed E-state index contributed by atoms with van der Waals surface area (Å²) in [4.78, 5) is 28.4. The van der Waals surface area contributed by atoms with Crippen molar-refractivity contribution < 1.29 is 14.3 Å². The van der Waals surface area contributed by atoms with Crippen LogP contribution in [0.15, 0.2) is 83.8 Å². The molecular weight excluding hydrogens is 420 g/mol. The molecule has 5 nitrogen and oxygen atoms in total. The van der Waals surface area contributed by atoms with E-state index in [1.165, 1.54) is 16.7 Å². The Morgan fingerprint density at radius 1 is 0.906 bits per heavy atom. The maximum Gasteiger partial charge on any atom is 0.272 e. The summed E-state index contributed by atoms with van der Waals surface area (Å²) in [5, 5.41) is 9.05. The van der Waals surface area contributed by atoms with E-state index in [0.717, 1.165) is 5.56 Å². The van der Waals surface area contributed by atoms with Crippen molar-refractivity contribution in [2.75, 3.05) is 11.5 Å². The van der Waals surface area contributed by atoms with Crippen LogP contribution in [0.2, 0.25) is 0 Å². The van der Waals surface area contributed by atoms with Crippen LogP contribution in [0.4, 0.5) is 5.69 Å². The molecule has 0 bridgehead atoms. The van der Waals surface area contributed by atoms with Crippen molar-refractivity contribution in [3.05, 3.63) is 100 Å². The Balaban J connectivity index is 1.71. The quantitative estimate of drug-likeness (QED) is 0.474. The van der Waals surface area contributed by atoms with Crippen LogP contribution in [0, 0.1) is 11.3 Å². The predicted octanol–water partition coefficient (Wildman–Crippen LogP) is 5.17. The van der Waals surface area contributed by atoms with Crippen molar-refractivity contribution >= 4 is 34.8 Å². The molecule has 0 saturated carbocycles. The van der Waals surface area contributed by atoms with E-state index in [0.29, 0.717) is 45.4 Å². The van der Waals surface area contributed by atoms with E-state index in [2.05, 4.69) is 0 Å². The van der Waals surface area contributed by atoms with Gasteiger partial charge in [0.15, 0.2) is 0 Å². The molecule has 0 atom stereocenters. The van der Waals surface area contributed by atoms with Gasteiger partial charge < -0.3 is 4.74 Å². The average Bonchev–Trinajstić information content (AvgIpc) is 3.08. The molecule has 3 aromatic rings. The number of imide groups is 1. The first kappa shape index (κ1) is 21.4. The van der Waals surface area contributed by atoms with Crippen molar-refractivity contribution in [3.8, 4) is 11.8 Å². The fourth-order valence-electron chi connectivity index (χ4n) is 3.43. The first-order valence-corrected chi connectivity index (χ1v) is 11.1. The van der Waals surface area contributed by atoms with Crippen molar-refractivity contribution in [2.45, 2.75) is 12.7 Å². The molecule has 1 aliphatic heterocycles. The Kier molecular flexibility index (Phi) is 6.39. The normalized spacial score (nSPS) is 13.4. The smallest absolute Gasteiger partial charge is 0.272 e. The van der Waals surface area contributed by atoms with Crippen LogP contribution in [0.25, 0.3) is 5.57 Å². The van der Waals surface area contributed by atoms with E-state index in [-0.39, 0.29) is 11.8 Å². The maximum absolute atomic E-state index is 13.4. The molecule has 158 valence electrons. The number of anilines is 1. The van der Waals surface area contributed by atoms with Crippen molar-refractivity contribution in [3.63, 3.8) is 0 Å². The Labute approximate surface area is 190 Å². The first-order valence-electron chi connectivity index (χ1n) is 10.2. The Hall–Kier alpha value is -3.82. The summed E-state index contributed by atoms with van der Waals surface area (Å²) in [6.45, 7) is 2.45. The van der Waals surface area contributed by atoms with Crippen molar-refractivity contribution in [1.29, 1.82) is 5.26 Å². The molecule has 2 amide bonds. The number of benzene rings is 3. The van der Waals surface area contributed by atoms with Gasteiger partial charge in [0.25, 0.3) is 11.8 Å². The molecule has 1 aliphatic rings. The molecule has 0 saturated heterocycles. The highest BCUT2D eigenvalue weighted by atomic mass is 32.2. The molecule has 3 aromatic carbocycles. The average molecular weight is 441 g/mol. The molecule has 0 aromatic heterocycles. The van der Waals surface area contributed by atoms with E-state index in [1.807, 2.05) is 43.3 Å². The third-order valence-electron chi connectivity index (χ3n) is 4.98. The van der Waals surface area contributed by atoms with Crippen LogP contribution < -0.4 is 9.64 Å². The second-order valence-electron chi connectivity index (χ2n) is 7.04. The van der Waals surface area contributed by atoms with Gasteiger partial charge in [0.1, 0.15) is 5.75 Å².